The van der Waals surface area contributed by atoms with Gasteiger partial charge in [-0.2, -0.15) is 0 Å². The Hall–Kier alpha value is -1.10. The van der Waals surface area contributed by atoms with E-state index in [1.54, 1.807) is 4.90 Å². The highest BCUT2D eigenvalue weighted by atomic mass is 16.5. The zero-order valence-electron chi connectivity index (χ0n) is 9.81. The summed E-state index contributed by atoms with van der Waals surface area (Å²) in [5.74, 6) is -1.08. The number of carboxylic acids is 1. The van der Waals surface area contributed by atoms with Crippen molar-refractivity contribution >= 4 is 11.9 Å². The van der Waals surface area contributed by atoms with Gasteiger partial charge in [0.25, 0.3) is 5.91 Å². The maximum atomic E-state index is 11.9. The van der Waals surface area contributed by atoms with Gasteiger partial charge >= 0.3 is 5.97 Å². The average Bonchev–Trinajstić information content (AvgIpc) is 2.30. The molecule has 1 amide bonds. The van der Waals surface area contributed by atoms with E-state index in [0.29, 0.717) is 32.4 Å². The van der Waals surface area contributed by atoms with Crippen LogP contribution < -0.4 is 0 Å². The van der Waals surface area contributed by atoms with Gasteiger partial charge in [0.2, 0.25) is 0 Å². The summed E-state index contributed by atoms with van der Waals surface area (Å²) in [6, 6.07) is 0. The van der Waals surface area contributed by atoms with Crippen molar-refractivity contribution in [2.45, 2.75) is 32.3 Å². The predicted molar refractivity (Wildman–Crippen MR) is 58.0 cm³/mol. The van der Waals surface area contributed by atoms with Crippen molar-refractivity contribution < 1.29 is 19.4 Å². The molecule has 0 bridgehead atoms. The van der Waals surface area contributed by atoms with Crippen molar-refractivity contribution in [3.05, 3.63) is 0 Å². The lowest BCUT2D eigenvalue weighted by Crippen LogP contribution is -2.45. The first-order chi connectivity index (χ1) is 7.60. The third-order valence-corrected chi connectivity index (χ3v) is 3.09. The molecule has 92 valence electrons. The van der Waals surface area contributed by atoms with E-state index in [2.05, 4.69) is 0 Å². The molecule has 0 saturated carbocycles. The van der Waals surface area contributed by atoms with E-state index in [-0.39, 0.29) is 17.9 Å². The zero-order valence-corrected chi connectivity index (χ0v) is 9.81. The third-order valence-electron chi connectivity index (χ3n) is 3.09. The fourth-order valence-corrected chi connectivity index (χ4v) is 1.99. The van der Waals surface area contributed by atoms with Crippen LogP contribution in [0.4, 0.5) is 0 Å². The Morgan fingerprint density at radius 2 is 2.00 bits per heavy atom. The summed E-state index contributed by atoms with van der Waals surface area (Å²) in [5, 5.41) is 8.84. The number of ether oxygens (including phenoxy) is 1. The van der Waals surface area contributed by atoms with Crippen molar-refractivity contribution in [1.82, 2.24) is 4.90 Å². The highest BCUT2D eigenvalue weighted by molar-refractivity contribution is 5.81. The van der Waals surface area contributed by atoms with Crippen LogP contribution in [0.15, 0.2) is 0 Å². The van der Waals surface area contributed by atoms with Gasteiger partial charge in [-0.1, -0.05) is 6.92 Å². The molecule has 0 aromatic rings. The van der Waals surface area contributed by atoms with Gasteiger partial charge in [0.05, 0.1) is 5.92 Å². The van der Waals surface area contributed by atoms with Gasteiger partial charge in [-0.3, -0.25) is 9.59 Å². The van der Waals surface area contributed by atoms with Gasteiger partial charge < -0.3 is 14.7 Å². The third kappa shape index (κ3) is 2.95. The molecule has 1 fully saturated rings. The number of rotatable bonds is 4. The van der Waals surface area contributed by atoms with Gasteiger partial charge in [-0.15, -0.1) is 0 Å². The predicted octanol–water partition coefficient (Wildman–Crippen LogP) is 0.735. The molecule has 0 aromatic heterocycles. The minimum atomic E-state index is -0.758. The number of aliphatic carboxylic acids is 1. The van der Waals surface area contributed by atoms with Crippen LogP contribution in [0, 0.1) is 5.92 Å². The van der Waals surface area contributed by atoms with Gasteiger partial charge in [0, 0.05) is 20.2 Å². The Labute approximate surface area is 95.4 Å². The Morgan fingerprint density at radius 1 is 1.44 bits per heavy atom. The number of piperidine rings is 1. The first-order valence-corrected chi connectivity index (χ1v) is 5.64. The topological polar surface area (TPSA) is 66.8 Å². The quantitative estimate of drug-likeness (QED) is 0.772. The lowest BCUT2D eigenvalue weighted by Gasteiger charge is -2.32. The molecule has 1 heterocycles. The fraction of sp³-hybridized carbons (Fsp3) is 0.818. The Kier molecular flexibility index (Phi) is 4.73. The van der Waals surface area contributed by atoms with E-state index in [1.807, 2.05) is 6.92 Å². The number of hydrogen-bond donors (Lipinski definition) is 1. The number of carbonyl (C=O) groups is 2. The van der Waals surface area contributed by atoms with Crippen molar-refractivity contribution in [3.63, 3.8) is 0 Å². The molecule has 1 atom stereocenters. The second kappa shape index (κ2) is 5.84. The standard InChI is InChI=1S/C11H19NO4/c1-3-9(16-2)10(13)12-6-4-8(5-7-12)11(14)15/h8-9H,3-7H2,1-2H3,(H,14,15). The molecule has 16 heavy (non-hydrogen) atoms. The molecule has 1 N–H and O–H groups in total. The van der Waals surface area contributed by atoms with E-state index in [0.717, 1.165) is 0 Å². The van der Waals surface area contributed by atoms with Gasteiger partial charge in [-0.25, -0.2) is 0 Å². The summed E-state index contributed by atoms with van der Waals surface area (Å²) in [5.41, 5.74) is 0. The molecule has 0 aliphatic carbocycles. The van der Waals surface area contributed by atoms with Gasteiger partial charge in [-0.05, 0) is 19.3 Å². The zero-order chi connectivity index (χ0) is 12.1. The molecule has 1 aliphatic heterocycles. The van der Waals surface area contributed by atoms with Gasteiger partial charge in [0.15, 0.2) is 0 Å². The molecule has 5 heteroatoms. The van der Waals surface area contributed by atoms with E-state index in [1.165, 1.54) is 7.11 Å². The minimum absolute atomic E-state index is 0.0196. The average molecular weight is 229 g/mol. The molecule has 1 saturated heterocycles. The number of carbonyl (C=O) groups excluding carboxylic acids is 1. The largest absolute Gasteiger partial charge is 0.481 e. The highest BCUT2D eigenvalue weighted by Crippen LogP contribution is 2.18. The monoisotopic (exact) mass is 229 g/mol. The summed E-state index contributed by atoms with van der Waals surface area (Å²) in [4.78, 5) is 24.3. The van der Waals surface area contributed by atoms with Crippen molar-refractivity contribution in [3.8, 4) is 0 Å². The molecular weight excluding hydrogens is 210 g/mol. The highest BCUT2D eigenvalue weighted by Gasteiger charge is 2.29. The minimum Gasteiger partial charge on any atom is -0.481 e. The first-order valence-electron chi connectivity index (χ1n) is 5.64. The molecule has 1 unspecified atom stereocenters. The van der Waals surface area contributed by atoms with E-state index < -0.39 is 5.97 Å². The number of likely N-dealkylation sites (tertiary alicyclic amines) is 1. The molecule has 0 aromatic carbocycles. The Morgan fingerprint density at radius 3 is 2.38 bits per heavy atom. The maximum absolute atomic E-state index is 11.9. The second-order valence-electron chi connectivity index (χ2n) is 4.07. The number of amides is 1. The van der Waals surface area contributed by atoms with Crippen LogP contribution in [0.2, 0.25) is 0 Å². The normalized spacial score (nSPS) is 19.5. The molecule has 0 spiro atoms. The van der Waals surface area contributed by atoms with Crippen LogP contribution >= 0.6 is 0 Å². The smallest absolute Gasteiger partial charge is 0.306 e. The molecule has 0 radical (unpaired) electrons. The van der Waals surface area contributed by atoms with E-state index in [4.69, 9.17) is 9.84 Å². The summed E-state index contributed by atoms with van der Waals surface area (Å²) in [7, 11) is 1.52. The molecular formula is C11H19NO4. The van der Waals surface area contributed by atoms with Crippen molar-refractivity contribution in [2.24, 2.45) is 5.92 Å². The molecule has 1 aliphatic rings. The maximum Gasteiger partial charge on any atom is 0.306 e. The number of carboxylic acid groups (broad SMARTS) is 1. The van der Waals surface area contributed by atoms with E-state index in [9.17, 15) is 9.59 Å². The van der Waals surface area contributed by atoms with Crippen LogP contribution in [-0.2, 0) is 14.3 Å². The second-order valence-corrected chi connectivity index (χ2v) is 4.07. The van der Waals surface area contributed by atoms with Crippen LogP contribution in [0.3, 0.4) is 0 Å². The van der Waals surface area contributed by atoms with Crippen LogP contribution in [0.5, 0.6) is 0 Å². The summed E-state index contributed by atoms with van der Waals surface area (Å²) < 4.78 is 5.08. The Balaban J connectivity index is 2.47. The number of nitrogens with zero attached hydrogens (tertiary/aromatic N) is 1. The SMILES string of the molecule is CCC(OC)C(=O)N1CCC(C(=O)O)CC1. The van der Waals surface area contributed by atoms with Crippen LogP contribution in [0.25, 0.3) is 0 Å². The van der Waals surface area contributed by atoms with Gasteiger partial charge in [0.1, 0.15) is 6.10 Å². The van der Waals surface area contributed by atoms with Crippen molar-refractivity contribution in [2.75, 3.05) is 20.2 Å². The molecule has 5 nitrogen and oxygen atoms in total. The Bertz CT molecular complexity index is 255. The molecule has 1 rings (SSSR count). The van der Waals surface area contributed by atoms with Crippen LogP contribution in [-0.4, -0.2) is 48.2 Å². The summed E-state index contributed by atoms with van der Waals surface area (Å²) in [6.07, 6.45) is 1.35. The number of methoxy groups -OCH3 is 1. The van der Waals surface area contributed by atoms with Crippen LogP contribution in [0.1, 0.15) is 26.2 Å². The first kappa shape index (κ1) is 13.0. The summed E-state index contributed by atoms with van der Waals surface area (Å²) >= 11 is 0. The fourth-order valence-electron chi connectivity index (χ4n) is 1.99. The number of hydrogen-bond acceptors (Lipinski definition) is 3. The van der Waals surface area contributed by atoms with E-state index >= 15 is 0 Å². The summed E-state index contributed by atoms with van der Waals surface area (Å²) in [6.45, 7) is 2.95. The lowest BCUT2D eigenvalue weighted by atomic mass is 9.97. The lowest BCUT2D eigenvalue weighted by molar-refractivity contribution is -0.149. The van der Waals surface area contributed by atoms with Crippen molar-refractivity contribution in [1.29, 1.82) is 0 Å².